The molecule has 0 bridgehead atoms. The topological polar surface area (TPSA) is 68.1 Å². The van der Waals surface area contributed by atoms with Gasteiger partial charge in [0, 0.05) is 21.9 Å². The Morgan fingerprint density at radius 3 is 2.52 bits per heavy atom. The van der Waals surface area contributed by atoms with Crippen LogP contribution < -0.4 is 5.32 Å². The number of nitrogens with one attached hydrogen (secondary N) is 1. The minimum absolute atomic E-state index is 0.0873. The predicted molar refractivity (Wildman–Crippen MR) is 121 cm³/mol. The molecule has 8 heteroatoms. The van der Waals surface area contributed by atoms with Gasteiger partial charge in [-0.25, -0.2) is 4.98 Å². The first-order chi connectivity index (χ1) is 14.2. The number of aromatic nitrogens is 1. The Hall–Kier alpha value is -2.81. The summed E-state index contributed by atoms with van der Waals surface area (Å²) in [6.07, 6.45) is 0. The zero-order valence-electron chi connectivity index (χ0n) is 14.9. The highest BCUT2D eigenvalue weighted by atomic mass is 32.2. The van der Waals surface area contributed by atoms with Crippen molar-refractivity contribution in [2.24, 2.45) is 0 Å². The standard InChI is InChI=1S/C21H13N3O2S3/c25-24(26)13-9-11-14(12-10-13)27-19(20-22-15-5-1-3-7-17(15)28-20)21-23-16-6-2-4-8-18(16)29-21/h1-12,22H/b20-19+. The summed E-state index contributed by atoms with van der Waals surface area (Å²) in [5, 5.41) is 16.4. The number of rotatable bonds is 4. The van der Waals surface area contributed by atoms with E-state index in [4.69, 9.17) is 4.98 Å². The molecule has 0 unspecified atom stereocenters. The molecule has 0 aliphatic carbocycles. The van der Waals surface area contributed by atoms with E-state index in [2.05, 4.69) is 23.5 Å². The van der Waals surface area contributed by atoms with Crippen LogP contribution in [0.1, 0.15) is 5.01 Å². The highest BCUT2D eigenvalue weighted by Gasteiger charge is 2.23. The van der Waals surface area contributed by atoms with E-state index in [1.54, 1.807) is 47.0 Å². The molecular formula is C21H13N3O2S3. The number of non-ortho nitro benzene ring substituents is 1. The Kier molecular flexibility index (Phi) is 4.75. The maximum absolute atomic E-state index is 11.0. The predicted octanol–water partition coefficient (Wildman–Crippen LogP) is 6.84. The van der Waals surface area contributed by atoms with Gasteiger partial charge >= 0.3 is 0 Å². The van der Waals surface area contributed by atoms with Gasteiger partial charge in [0.25, 0.3) is 5.69 Å². The number of hydrogen-bond acceptors (Lipinski definition) is 7. The molecule has 2 heterocycles. The third-order valence-corrected chi connectivity index (χ3v) is 7.82. The average Bonchev–Trinajstić information content (AvgIpc) is 3.36. The van der Waals surface area contributed by atoms with Gasteiger partial charge in [-0.1, -0.05) is 47.8 Å². The number of hydrogen-bond donors (Lipinski definition) is 1. The summed E-state index contributed by atoms with van der Waals surface area (Å²) in [5.74, 6) is 0. The Bertz CT molecular complexity index is 1210. The Balaban J connectivity index is 1.58. The van der Waals surface area contributed by atoms with E-state index in [0.717, 1.165) is 35.7 Å². The molecule has 0 saturated heterocycles. The molecule has 0 saturated carbocycles. The largest absolute Gasteiger partial charge is 0.348 e. The van der Waals surface area contributed by atoms with Crippen LogP contribution in [0, 0.1) is 10.1 Å². The molecule has 142 valence electrons. The van der Waals surface area contributed by atoms with E-state index in [9.17, 15) is 10.1 Å². The summed E-state index contributed by atoms with van der Waals surface area (Å²) in [6, 6.07) is 22.9. The van der Waals surface area contributed by atoms with E-state index in [-0.39, 0.29) is 10.6 Å². The minimum atomic E-state index is -0.383. The lowest BCUT2D eigenvalue weighted by Crippen LogP contribution is -1.93. The van der Waals surface area contributed by atoms with Crippen molar-refractivity contribution in [2.45, 2.75) is 9.79 Å². The first-order valence-electron chi connectivity index (χ1n) is 8.74. The van der Waals surface area contributed by atoms with Crippen molar-refractivity contribution >= 4 is 61.4 Å². The van der Waals surface area contributed by atoms with Gasteiger partial charge in [0.15, 0.2) is 0 Å². The van der Waals surface area contributed by atoms with Crippen LogP contribution in [0.5, 0.6) is 0 Å². The van der Waals surface area contributed by atoms with Crippen molar-refractivity contribution in [3.63, 3.8) is 0 Å². The van der Waals surface area contributed by atoms with Crippen LogP contribution in [0.15, 0.2) is 87.6 Å². The molecular weight excluding hydrogens is 422 g/mol. The van der Waals surface area contributed by atoms with Crippen LogP contribution in [-0.2, 0) is 0 Å². The van der Waals surface area contributed by atoms with E-state index >= 15 is 0 Å². The number of fused-ring (bicyclic) bond motifs is 2. The van der Waals surface area contributed by atoms with Crippen molar-refractivity contribution in [3.05, 3.63) is 92.9 Å². The van der Waals surface area contributed by atoms with Crippen LogP contribution in [0.25, 0.3) is 15.1 Å². The normalized spacial score (nSPS) is 14.5. The summed E-state index contributed by atoms with van der Waals surface area (Å²) < 4.78 is 1.13. The van der Waals surface area contributed by atoms with Crippen molar-refractivity contribution in [1.82, 2.24) is 4.98 Å². The first-order valence-corrected chi connectivity index (χ1v) is 11.2. The van der Waals surface area contributed by atoms with Crippen molar-refractivity contribution < 1.29 is 4.92 Å². The smallest absolute Gasteiger partial charge is 0.269 e. The Labute approximate surface area is 179 Å². The maximum Gasteiger partial charge on any atom is 0.269 e. The van der Waals surface area contributed by atoms with Crippen LogP contribution in [-0.4, -0.2) is 9.91 Å². The second-order valence-corrected chi connectivity index (χ2v) is 9.39. The number of para-hydroxylation sites is 2. The number of anilines is 1. The lowest BCUT2D eigenvalue weighted by atomic mass is 10.3. The highest BCUT2D eigenvalue weighted by molar-refractivity contribution is 8.11. The number of nitro benzene ring substituents is 1. The number of nitrogens with zero attached hydrogens (tertiary/aromatic N) is 2. The molecule has 0 radical (unpaired) electrons. The SMILES string of the molecule is O=[N+]([O-])c1ccc(S/C(=C2\Nc3ccccc3S2)c2nc3ccccc3s2)cc1. The second kappa shape index (κ2) is 7.55. The molecule has 1 N–H and O–H groups in total. The van der Waals surface area contributed by atoms with Gasteiger partial charge in [0.1, 0.15) is 5.01 Å². The summed E-state index contributed by atoms with van der Waals surface area (Å²) >= 11 is 4.90. The second-order valence-electron chi connectivity index (χ2n) is 6.22. The van der Waals surface area contributed by atoms with Crippen LogP contribution in [0.4, 0.5) is 11.4 Å². The van der Waals surface area contributed by atoms with Gasteiger partial charge in [-0.2, -0.15) is 0 Å². The van der Waals surface area contributed by atoms with Gasteiger partial charge in [-0.3, -0.25) is 10.1 Å². The van der Waals surface area contributed by atoms with Gasteiger partial charge in [-0.05, 0) is 36.4 Å². The molecule has 0 fully saturated rings. The fourth-order valence-electron chi connectivity index (χ4n) is 2.93. The average molecular weight is 436 g/mol. The zero-order valence-corrected chi connectivity index (χ0v) is 17.3. The number of benzene rings is 3. The fourth-order valence-corrected chi connectivity index (χ4v) is 6.14. The van der Waals surface area contributed by atoms with Crippen molar-refractivity contribution in [2.75, 3.05) is 5.32 Å². The third-order valence-electron chi connectivity index (χ3n) is 4.31. The summed E-state index contributed by atoms with van der Waals surface area (Å²) in [7, 11) is 0. The molecule has 5 rings (SSSR count). The molecule has 0 amide bonds. The number of thiazole rings is 1. The lowest BCUT2D eigenvalue weighted by molar-refractivity contribution is -0.384. The first kappa shape index (κ1) is 18.2. The molecule has 1 aromatic heterocycles. The molecule has 0 spiro atoms. The maximum atomic E-state index is 11.0. The number of nitro groups is 1. The monoisotopic (exact) mass is 435 g/mol. The van der Waals surface area contributed by atoms with E-state index in [0.29, 0.717) is 0 Å². The quantitative estimate of drug-likeness (QED) is 0.215. The summed E-state index contributed by atoms with van der Waals surface area (Å²) in [5.41, 5.74) is 2.13. The third kappa shape index (κ3) is 3.62. The number of thioether (sulfide) groups is 2. The van der Waals surface area contributed by atoms with E-state index in [1.165, 1.54) is 17.0 Å². The van der Waals surface area contributed by atoms with Gasteiger partial charge in [0.2, 0.25) is 0 Å². The molecule has 5 nitrogen and oxygen atoms in total. The van der Waals surface area contributed by atoms with Crippen molar-refractivity contribution in [1.29, 1.82) is 0 Å². The molecule has 3 aromatic carbocycles. The highest BCUT2D eigenvalue weighted by Crippen LogP contribution is 2.49. The fraction of sp³-hybridized carbons (Fsp3) is 0. The van der Waals surface area contributed by atoms with Crippen LogP contribution >= 0.6 is 34.9 Å². The molecule has 0 atom stereocenters. The van der Waals surface area contributed by atoms with Gasteiger partial charge in [0.05, 0.1) is 30.8 Å². The zero-order chi connectivity index (χ0) is 19.8. The molecule has 4 aromatic rings. The van der Waals surface area contributed by atoms with E-state index in [1.807, 2.05) is 30.3 Å². The van der Waals surface area contributed by atoms with Gasteiger partial charge in [-0.15, -0.1) is 11.3 Å². The van der Waals surface area contributed by atoms with Gasteiger partial charge < -0.3 is 5.32 Å². The van der Waals surface area contributed by atoms with E-state index < -0.39 is 0 Å². The summed E-state index contributed by atoms with van der Waals surface area (Å²) in [4.78, 5) is 18.5. The Morgan fingerprint density at radius 2 is 1.76 bits per heavy atom. The Morgan fingerprint density at radius 1 is 1.00 bits per heavy atom. The van der Waals surface area contributed by atoms with Crippen molar-refractivity contribution in [3.8, 4) is 0 Å². The lowest BCUT2D eigenvalue weighted by Gasteiger charge is -2.09. The molecule has 1 aliphatic heterocycles. The van der Waals surface area contributed by atoms with Crippen LogP contribution in [0.2, 0.25) is 0 Å². The molecule has 1 aliphatic rings. The summed E-state index contributed by atoms with van der Waals surface area (Å²) in [6.45, 7) is 0. The molecule has 29 heavy (non-hydrogen) atoms. The minimum Gasteiger partial charge on any atom is -0.348 e. The van der Waals surface area contributed by atoms with Crippen LogP contribution in [0.3, 0.4) is 0 Å².